The Kier molecular flexibility index (Phi) is 4.90. The minimum Gasteiger partial charge on any atom is -0.384 e. The molecule has 0 aliphatic carbocycles. The second kappa shape index (κ2) is 5.98. The van der Waals surface area contributed by atoms with Gasteiger partial charge < -0.3 is 10.1 Å². The van der Waals surface area contributed by atoms with E-state index in [2.05, 4.69) is 33.2 Å². The molecule has 0 fully saturated rings. The first-order chi connectivity index (χ1) is 6.72. The van der Waals surface area contributed by atoms with Gasteiger partial charge in [-0.05, 0) is 34.0 Å². The fourth-order valence-electron chi connectivity index (χ4n) is 1.10. The van der Waals surface area contributed by atoms with Gasteiger partial charge in [0.25, 0.3) is 0 Å². The van der Waals surface area contributed by atoms with Crippen LogP contribution in [0.3, 0.4) is 0 Å². The van der Waals surface area contributed by atoms with Crippen LogP contribution in [-0.4, -0.2) is 25.2 Å². The van der Waals surface area contributed by atoms with E-state index in [1.165, 1.54) is 0 Å². The van der Waals surface area contributed by atoms with Crippen molar-refractivity contribution < 1.29 is 4.74 Å². The maximum absolute atomic E-state index is 5.04. The van der Waals surface area contributed by atoms with Crippen molar-refractivity contribution >= 4 is 21.7 Å². The Bertz CT molecular complexity index is 263. The Morgan fingerprint density at radius 2 is 2.36 bits per heavy atom. The lowest BCUT2D eigenvalue weighted by Gasteiger charge is -2.11. The number of nitrogens with zero attached hydrogens (tertiary/aromatic N) is 1. The Labute approximate surface area is 93.0 Å². The lowest BCUT2D eigenvalue weighted by Crippen LogP contribution is -2.16. The highest BCUT2D eigenvalue weighted by molar-refractivity contribution is 9.10. The molecule has 1 atom stereocenters. The summed E-state index contributed by atoms with van der Waals surface area (Å²) < 4.78 is 6.04. The number of halogens is 1. The zero-order chi connectivity index (χ0) is 10.4. The molecule has 0 aliphatic rings. The number of ether oxygens (including phenoxy) is 1. The summed E-state index contributed by atoms with van der Waals surface area (Å²) in [7, 11) is 1.72. The highest BCUT2D eigenvalue weighted by atomic mass is 79.9. The van der Waals surface area contributed by atoms with Crippen LogP contribution in [0.2, 0.25) is 0 Å². The number of methoxy groups -OCH3 is 1. The molecule has 78 valence electrons. The van der Waals surface area contributed by atoms with Gasteiger partial charge in [0.2, 0.25) is 0 Å². The number of pyridine rings is 1. The Balaban J connectivity index is 2.34. The second-order valence-electron chi connectivity index (χ2n) is 3.30. The monoisotopic (exact) mass is 258 g/mol. The van der Waals surface area contributed by atoms with Gasteiger partial charge in [-0.25, -0.2) is 4.98 Å². The molecule has 1 unspecified atom stereocenters. The largest absolute Gasteiger partial charge is 0.384 e. The molecule has 0 spiro atoms. The second-order valence-corrected chi connectivity index (χ2v) is 4.22. The lowest BCUT2D eigenvalue weighted by atomic mass is 10.2. The first kappa shape index (κ1) is 11.5. The van der Waals surface area contributed by atoms with E-state index < -0.39 is 0 Å². The third kappa shape index (κ3) is 4.07. The molecule has 1 N–H and O–H groups in total. The highest BCUT2D eigenvalue weighted by Crippen LogP contribution is 2.10. The fraction of sp³-hybridized carbons (Fsp3) is 0.500. The van der Waals surface area contributed by atoms with E-state index in [4.69, 9.17) is 4.74 Å². The summed E-state index contributed by atoms with van der Waals surface area (Å²) in [6.45, 7) is 3.78. The molecule has 0 saturated carbocycles. The van der Waals surface area contributed by atoms with Crippen molar-refractivity contribution in [3.8, 4) is 0 Å². The zero-order valence-corrected chi connectivity index (χ0v) is 10.0. The van der Waals surface area contributed by atoms with Gasteiger partial charge in [-0.2, -0.15) is 0 Å². The van der Waals surface area contributed by atoms with E-state index in [-0.39, 0.29) is 0 Å². The summed E-state index contributed by atoms with van der Waals surface area (Å²) >= 11 is 3.34. The van der Waals surface area contributed by atoms with Crippen molar-refractivity contribution in [2.75, 3.05) is 25.6 Å². The normalized spacial score (nSPS) is 12.5. The molecule has 0 saturated heterocycles. The Hall–Kier alpha value is -0.610. The standard InChI is InChI=1S/C10H15BrN2O/c1-8(7-14-2)5-12-10-4-3-9(11)6-13-10/h3-4,6,8H,5,7H2,1-2H3,(H,12,13). The van der Waals surface area contributed by atoms with Crippen molar-refractivity contribution in [3.63, 3.8) is 0 Å². The number of nitrogens with one attached hydrogen (secondary N) is 1. The molecule has 0 bridgehead atoms. The van der Waals surface area contributed by atoms with Gasteiger partial charge in [-0.1, -0.05) is 6.92 Å². The van der Waals surface area contributed by atoms with Gasteiger partial charge in [0.15, 0.2) is 0 Å². The molecule has 14 heavy (non-hydrogen) atoms. The minimum atomic E-state index is 0.491. The third-order valence-electron chi connectivity index (χ3n) is 1.81. The van der Waals surface area contributed by atoms with Gasteiger partial charge in [-0.15, -0.1) is 0 Å². The number of anilines is 1. The molecule has 0 amide bonds. The molecule has 0 radical (unpaired) electrons. The number of rotatable bonds is 5. The summed E-state index contributed by atoms with van der Waals surface area (Å²) in [5.74, 6) is 1.39. The molecule has 4 heteroatoms. The topological polar surface area (TPSA) is 34.1 Å². The fourth-order valence-corrected chi connectivity index (χ4v) is 1.34. The lowest BCUT2D eigenvalue weighted by molar-refractivity contribution is 0.164. The van der Waals surface area contributed by atoms with Crippen molar-refractivity contribution in [1.29, 1.82) is 0 Å². The van der Waals surface area contributed by atoms with Crippen LogP contribution in [0, 0.1) is 5.92 Å². The van der Waals surface area contributed by atoms with E-state index in [9.17, 15) is 0 Å². The van der Waals surface area contributed by atoms with Crippen LogP contribution in [0.25, 0.3) is 0 Å². The summed E-state index contributed by atoms with van der Waals surface area (Å²) in [6, 6.07) is 3.92. The molecule has 1 aromatic rings. The third-order valence-corrected chi connectivity index (χ3v) is 2.28. The summed E-state index contributed by atoms with van der Waals surface area (Å²) in [4.78, 5) is 4.21. The van der Waals surface area contributed by atoms with Gasteiger partial charge in [-0.3, -0.25) is 0 Å². The maximum Gasteiger partial charge on any atom is 0.125 e. The predicted molar refractivity (Wildman–Crippen MR) is 61.5 cm³/mol. The van der Waals surface area contributed by atoms with Crippen LogP contribution in [-0.2, 0) is 4.74 Å². The molecular formula is C10H15BrN2O. The highest BCUT2D eigenvalue weighted by Gasteiger charge is 2.01. The molecule has 3 nitrogen and oxygen atoms in total. The average molecular weight is 259 g/mol. The van der Waals surface area contributed by atoms with Gasteiger partial charge in [0.05, 0.1) is 6.61 Å². The minimum absolute atomic E-state index is 0.491. The summed E-state index contributed by atoms with van der Waals surface area (Å²) in [5.41, 5.74) is 0. The quantitative estimate of drug-likeness (QED) is 0.882. The number of aromatic nitrogens is 1. The average Bonchev–Trinajstić information content (AvgIpc) is 2.17. The maximum atomic E-state index is 5.04. The van der Waals surface area contributed by atoms with Crippen molar-refractivity contribution in [3.05, 3.63) is 22.8 Å². The van der Waals surface area contributed by atoms with Crippen molar-refractivity contribution in [1.82, 2.24) is 4.98 Å². The van der Waals surface area contributed by atoms with Crippen LogP contribution >= 0.6 is 15.9 Å². The van der Waals surface area contributed by atoms with Crippen molar-refractivity contribution in [2.24, 2.45) is 5.92 Å². The smallest absolute Gasteiger partial charge is 0.125 e. The van der Waals surface area contributed by atoms with Gasteiger partial charge in [0.1, 0.15) is 5.82 Å². The number of hydrogen-bond acceptors (Lipinski definition) is 3. The molecule has 1 rings (SSSR count). The first-order valence-electron chi connectivity index (χ1n) is 4.56. The number of hydrogen-bond donors (Lipinski definition) is 1. The van der Waals surface area contributed by atoms with E-state index in [1.807, 2.05) is 12.1 Å². The summed E-state index contributed by atoms with van der Waals surface area (Å²) in [6.07, 6.45) is 1.78. The predicted octanol–water partition coefficient (Wildman–Crippen LogP) is 2.54. The Morgan fingerprint density at radius 3 is 2.93 bits per heavy atom. The molecule has 0 aromatic carbocycles. The van der Waals surface area contributed by atoms with E-state index in [0.717, 1.165) is 23.4 Å². The Morgan fingerprint density at radius 1 is 1.57 bits per heavy atom. The zero-order valence-electron chi connectivity index (χ0n) is 8.46. The van der Waals surface area contributed by atoms with Gasteiger partial charge >= 0.3 is 0 Å². The van der Waals surface area contributed by atoms with E-state index in [0.29, 0.717) is 5.92 Å². The first-order valence-corrected chi connectivity index (χ1v) is 5.36. The van der Waals surface area contributed by atoms with Crippen LogP contribution in [0.1, 0.15) is 6.92 Å². The van der Waals surface area contributed by atoms with Crippen LogP contribution in [0.5, 0.6) is 0 Å². The molecule has 1 heterocycles. The molecule has 0 aliphatic heterocycles. The van der Waals surface area contributed by atoms with Crippen LogP contribution < -0.4 is 5.32 Å². The van der Waals surface area contributed by atoms with Crippen LogP contribution in [0.15, 0.2) is 22.8 Å². The van der Waals surface area contributed by atoms with E-state index >= 15 is 0 Å². The van der Waals surface area contributed by atoms with Gasteiger partial charge in [0, 0.05) is 24.3 Å². The van der Waals surface area contributed by atoms with Crippen LogP contribution in [0.4, 0.5) is 5.82 Å². The molecular weight excluding hydrogens is 244 g/mol. The molecule has 1 aromatic heterocycles. The van der Waals surface area contributed by atoms with Crippen molar-refractivity contribution in [2.45, 2.75) is 6.92 Å². The van der Waals surface area contributed by atoms with E-state index in [1.54, 1.807) is 13.3 Å². The summed E-state index contributed by atoms with van der Waals surface area (Å²) in [5, 5.41) is 3.24. The SMILES string of the molecule is COCC(C)CNc1ccc(Br)cn1.